The van der Waals surface area contributed by atoms with E-state index in [0.717, 1.165) is 24.5 Å². The fourth-order valence-corrected chi connectivity index (χ4v) is 1.65. The molecule has 2 rings (SSSR count). The summed E-state index contributed by atoms with van der Waals surface area (Å²) in [5.41, 5.74) is 1.31. The van der Waals surface area contributed by atoms with Crippen LogP contribution in [-0.2, 0) is 6.54 Å². The predicted octanol–water partition coefficient (Wildman–Crippen LogP) is 2.13. The number of aromatic nitrogens is 2. The summed E-state index contributed by atoms with van der Waals surface area (Å²) in [5.74, 6) is 1.22. The predicted molar refractivity (Wildman–Crippen MR) is 75.4 cm³/mol. The van der Waals surface area contributed by atoms with Gasteiger partial charge in [-0.25, -0.2) is 4.98 Å². The number of anilines is 1. The van der Waals surface area contributed by atoms with Gasteiger partial charge in [-0.15, -0.1) is 0 Å². The van der Waals surface area contributed by atoms with Crippen molar-refractivity contribution in [1.82, 2.24) is 15.5 Å². The molecule has 0 bridgehead atoms. The van der Waals surface area contributed by atoms with E-state index >= 15 is 0 Å². The summed E-state index contributed by atoms with van der Waals surface area (Å²) in [6.07, 6.45) is 2.58. The third kappa shape index (κ3) is 3.81. The van der Waals surface area contributed by atoms with Crippen molar-refractivity contribution in [3.63, 3.8) is 0 Å². The number of rotatable bonds is 6. The molecule has 0 radical (unpaired) electrons. The maximum absolute atomic E-state index is 11.9. The molecule has 0 aliphatic rings. The molecule has 0 aliphatic carbocycles. The highest BCUT2D eigenvalue weighted by molar-refractivity contribution is 5.93. The van der Waals surface area contributed by atoms with Crippen LogP contribution in [0.25, 0.3) is 0 Å². The number of amides is 1. The van der Waals surface area contributed by atoms with E-state index in [1.807, 2.05) is 6.92 Å². The van der Waals surface area contributed by atoms with Crippen LogP contribution >= 0.6 is 0 Å². The van der Waals surface area contributed by atoms with Crippen LogP contribution in [0.15, 0.2) is 28.9 Å². The summed E-state index contributed by atoms with van der Waals surface area (Å²) >= 11 is 0. The molecule has 2 aromatic heterocycles. The Morgan fingerprint density at radius 2 is 2.25 bits per heavy atom. The summed E-state index contributed by atoms with van der Waals surface area (Å²) in [6.45, 7) is 5.10. The number of carbonyl (C=O) groups excluding carboxylic acids is 1. The topological polar surface area (TPSA) is 80.0 Å². The molecule has 0 spiro atoms. The van der Waals surface area contributed by atoms with Gasteiger partial charge < -0.3 is 15.2 Å². The number of hydrogen-bond acceptors (Lipinski definition) is 5. The zero-order chi connectivity index (χ0) is 14.4. The first-order valence-corrected chi connectivity index (χ1v) is 6.59. The van der Waals surface area contributed by atoms with Gasteiger partial charge in [-0.05, 0) is 25.5 Å². The van der Waals surface area contributed by atoms with E-state index in [4.69, 9.17) is 4.52 Å². The highest BCUT2D eigenvalue weighted by Gasteiger charge is 2.07. The zero-order valence-corrected chi connectivity index (χ0v) is 11.6. The van der Waals surface area contributed by atoms with Crippen molar-refractivity contribution in [2.75, 3.05) is 11.9 Å². The Labute approximate surface area is 117 Å². The molecule has 2 aromatic rings. The van der Waals surface area contributed by atoms with Crippen molar-refractivity contribution in [3.05, 3.63) is 41.4 Å². The second kappa shape index (κ2) is 6.70. The molecular formula is C14H18N4O2. The summed E-state index contributed by atoms with van der Waals surface area (Å²) < 4.78 is 5.02. The smallest absolute Gasteiger partial charge is 0.253 e. The van der Waals surface area contributed by atoms with E-state index in [1.54, 1.807) is 24.4 Å². The molecule has 2 heterocycles. The molecule has 106 valence electrons. The van der Waals surface area contributed by atoms with Gasteiger partial charge in [0, 0.05) is 18.8 Å². The Balaban J connectivity index is 1.88. The van der Waals surface area contributed by atoms with Gasteiger partial charge in [0.2, 0.25) is 0 Å². The Bertz CT molecular complexity index is 563. The van der Waals surface area contributed by atoms with Crippen molar-refractivity contribution < 1.29 is 9.32 Å². The highest BCUT2D eigenvalue weighted by atomic mass is 16.5. The molecule has 0 fully saturated rings. The first-order valence-electron chi connectivity index (χ1n) is 6.59. The standard InChI is InChI=1S/C14H18N4O2/c1-3-6-15-13-5-4-11(8-16-13)14(19)17-9-12-7-10(2)18-20-12/h4-5,7-8H,3,6,9H2,1-2H3,(H,15,16)(H,17,19). The highest BCUT2D eigenvalue weighted by Crippen LogP contribution is 2.06. The van der Waals surface area contributed by atoms with Crippen LogP contribution in [0.3, 0.4) is 0 Å². The average Bonchev–Trinajstić information content (AvgIpc) is 2.89. The molecule has 0 aromatic carbocycles. The molecule has 0 unspecified atom stereocenters. The van der Waals surface area contributed by atoms with Crippen LogP contribution in [0, 0.1) is 6.92 Å². The first kappa shape index (κ1) is 14.0. The summed E-state index contributed by atoms with van der Waals surface area (Å²) in [6, 6.07) is 5.32. The lowest BCUT2D eigenvalue weighted by Crippen LogP contribution is -2.22. The van der Waals surface area contributed by atoms with Gasteiger partial charge in [-0.1, -0.05) is 12.1 Å². The van der Waals surface area contributed by atoms with Crippen molar-refractivity contribution in [2.24, 2.45) is 0 Å². The summed E-state index contributed by atoms with van der Waals surface area (Å²) in [7, 11) is 0. The molecule has 0 saturated carbocycles. The summed E-state index contributed by atoms with van der Waals surface area (Å²) in [4.78, 5) is 16.1. The van der Waals surface area contributed by atoms with Crippen molar-refractivity contribution in [2.45, 2.75) is 26.8 Å². The maximum atomic E-state index is 11.9. The van der Waals surface area contributed by atoms with Gasteiger partial charge in [0.1, 0.15) is 5.82 Å². The van der Waals surface area contributed by atoms with Crippen molar-refractivity contribution in [1.29, 1.82) is 0 Å². The Morgan fingerprint density at radius 1 is 1.40 bits per heavy atom. The third-order valence-corrected chi connectivity index (χ3v) is 2.68. The van der Waals surface area contributed by atoms with E-state index < -0.39 is 0 Å². The van der Waals surface area contributed by atoms with E-state index in [-0.39, 0.29) is 5.91 Å². The number of aryl methyl sites for hydroxylation is 1. The average molecular weight is 274 g/mol. The molecule has 0 aliphatic heterocycles. The van der Waals surface area contributed by atoms with E-state index in [2.05, 4.69) is 27.7 Å². The minimum Gasteiger partial charge on any atom is -0.370 e. The number of pyridine rings is 1. The molecule has 2 N–H and O–H groups in total. The van der Waals surface area contributed by atoms with E-state index in [0.29, 0.717) is 17.9 Å². The van der Waals surface area contributed by atoms with Gasteiger partial charge in [0.15, 0.2) is 5.76 Å². The molecule has 0 atom stereocenters. The molecular weight excluding hydrogens is 256 g/mol. The van der Waals surface area contributed by atoms with E-state index in [1.165, 1.54) is 0 Å². The van der Waals surface area contributed by atoms with Crippen LogP contribution in [0.4, 0.5) is 5.82 Å². The quantitative estimate of drug-likeness (QED) is 0.843. The summed E-state index contributed by atoms with van der Waals surface area (Å²) in [5, 5.41) is 9.67. The zero-order valence-electron chi connectivity index (χ0n) is 11.6. The van der Waals surface area contributed by atoms with Gasteiger partial charge in [0.05, 0.1) is 17.8 Å². The van der Waals surface area contributed by atoms with Crippen LogP contribution < -0.4 is 10.6 Å². The number of nitrogens with zero attached hydrogens (tertiary/aromatic N) is 2. The lowest BCUT2D eigenvalue weighted by molar-refractivity contribution is 0.0946. The Hall–Kier alpha value is -2.37. The van der Waals surface area contributed by atoms with Gasteiger partial charge in [-0.2, -0.15) is 0 Å². The van der Waals surface area contributed by atoms with Crippen LogP contribution in [0.5, 0.6) is 0 Å². The second-order valence-electron chi connectivity index (χ2n) is 4.48. The largest absolute Gasteiger partial charge is 0.370 e. The van der Waals surface area contributed by atoms with Crippen molar-refractivity contribution >= 4 is 11.7 Å². The molecule has 20 heavy (non-hydrogen) atoms. The van der Waals surface area contributed by atoms with Gasteiger partial charge in [0.25, 0.3) is 5.91 Å². The van der Waals surface area contributed by atoms with Crippen molar-refractivity contribution in [3.8, 4) is 0 Å². The minimum absolute atomic E-state index is 0.186. The van der Waals surface area contributed by atoms with Gasteiger partial charge >= 0.3 is 0 Å². The Morgan fingerprint density at radius 3 is 2.85 bits per heavy atom. The lowest BCUT2D eigenvalue weighted by Gasteiger charge is -2.05. The first-order chi connectivity index (χ1) is 9.69. The second-order valence-corrected chi connectivity index (χ2v) is 4.48. The van der Waals surface area contributed by atoms with Crippen LogP contribution in [-0.4, -0.2) is 22.6 Å². The molecule has 6 nitrogen and oxygen atoms in total. The number of nitrogens with one attached hydrogen (secondary N) is 2. The fraction of sp³-hybridized carbons (Fsp3) is 0.357. The fourth-order valence-electron chi connectivity index (χ4n) is 1.65. The SMILES string of the molecule is CCCNc1ccc(C(=O)NCc2cc(C)no2)cn1. The number of hydrogen-bond donors (Lipinski definition) is 2. The van der Waals surface area contributed by atoms with Gasteiger partial charge in [-0.3, -0.25) is 4.79 Å². The van der Waals surface area contributed by atoms with E-state index in [9.17, 15) is 4.79 Å². The normalized spacial score (nSPS) is 10.3. The Kier molecular flexibility index (Phi) is 4.70. The maximum Gasteiger partial charge on any atom is 0.253 e. The molecule has 6 heteroatoms. The molecule has 1 amide bonds. The monoisotopic (exact) mass is 274 g/mol. The third-order valence-electron chi connectivity index (χ3n) is 2.68. The van der Waals surface area contributed by atoms with Crippen LogP contribution in [0.1, 0.15) is 35.2 Å². The van der Waals surface area contributed by atoms with Crippen LogP contribution in [0.2, 0.25) is 0 Å². The number of carbonyl (C=O) groups is 1. The molecule has 0 saturated heterocycles. The lowest BCUT2D eigenvalue weighted by atomic mass is 10.2. The minimum atomic E-state index is -0.186.